The number of aromatic nitrogens is 1. The van der Waals surface area contributed by atoms with E-state index in [0.29, 0.717) is 25.3 Å². The van der Waals surface area contributed by atoms with Crippen molar-refractivity contribution in [1.82, 2.24) is 4.98 Å². The Morgan fingerprint density at radius 3 is 2.94 bits per heavy atom. The number of carbonyl (C=O) groups is 1. The molecular formula is C11H14N4O2. The third kappa shape index (κ3) is 3.08. The summed E-state index contributed by atoms with van der Waals surface area (Å²) in [7, 11) is 0. The van der Waals surface area contributed by atoms with Crippen molar-refractivity contribution in [3.8, 4) is 6.07 Å². The van der Waals surface area contributed by atoms with Crippen LogP contribution in [-0.4, -0.2) is 29.1 Å². The highest BCUT2D eigenvalue weighted by Crippen LogP contribution is 2.18. The Morgan fingerprint density at radius 2 is 2.41 bits per heavy atom. The van der Waals surface area contributed by atoms with Crippen LogP contribution in [0, 0.1) is 11.3 Å². The number of nitrogens with two attached hydrogens (primary N) is 1. The van der Waals surface area contributed by atoms with Crippen LogP contribution in [0.2, 0.25) is 0 Å². The molecule has 3 N–H and O–H groups in total. The van der Waals surface area contributed by atoms with Crippen molar-refractivity contribution in [2.45, 2.75) is 13.3 Å². The van der Waals surface area contributed by atoms with E-state index in [9.17, 15) is 4.79 Å². The lowest BCUT2D eigenvalue weighted by atomic mass is 10.2. The highest BCUT2D eigenvalue weighted by molar-refractivity contribution is 5.94. The molecule has 1 aromatic heterocycles. The summed E-state index contributed by atoms with van der Waals surface area (Å²) in [6.07, 6.45) is 1.69. The molecule has 0 aliphatic rings. The number of hydrogen-bond acceptors (Lipinski definition) is 5. The lowest BCUT2D eigenvalue weighted by Crippen LogP contribution is -2.25. The SMILES string of the molecule is CCN(CCC#N)c1cc(C(=O)O)c(N)cn1. The maximum Gasteiger partial charge on any atom is 0.337 e. The lowest BCUT2D eigenvalue weighted by molar-refractivity contribution is 0.0698. The molecule has 0 unspecified atom stereocenters. The maximum atomic E-state index is 10.9. The van der Waals surface area contributed by atoms with Gasteiger partial charge >= 0.3 is 5.97 Å². The van der Waals surface area contributed by atoms with Crippen LogP contribution in [0.4, 0.5) is 11.5 Å². The van der Waals surface area contributed by atoms with Gasteiger partial charge in [0, 0.05) is 13.1 Å². The first-order valence-corrected chi connectivity index (χ1v) is 5.20. The number of carboxylic acids is 1. The monoisotopic (exact) mass is 234 g/mol. The standard InChI is InChI=1S/C11H14N4O2/c1-2-15(5-3-4-12)10-6-8(11(16)17)9(13)7-14-10/h6-7H,2-3,5,13H2,1H3,(H,16,17). The largest absolute Gasteiger partial charge is 0.478 e. The molecule has 6 heteroatoms. The van der Waals surface area contributed by atoms with Gasteiger partial charge in [0.05, 0.1) is 29.9 Å². The summed E-state index contributed by atoms with van der Waals surface area (Å²) in [6.45, 7) is 3.08. The van der Waals surface area contributed by atoms with E-state index in [-0.39, 0.29) is 11.3 Å². The van der Waals surface area contributed by atoms with Crippen molar-refractivity contribution in [3.05, 3.63) is 17.8 Å². The summed E-state index contributed by atoms with van der Waals surface area (Å²) in [4.78, 5) is 16.8. The number of nitrogen functional groups attached to an aromatic ring is 1. The molecule has 6 nitrogen and oxygen atoms in total. The maximum absolute atomic E-state index is 10.9. The van der Waals surface area contributed by atoms with E-state index in [1.165, 1.54) is 12.3 Å². The van der Waals surface area contributed by atoms with Gasteiger partial charge in [0.2, 0.25) is 0 Å². The number of anilines is 2. The molecule has 0 atom stereocenters. The first kappa shape index (κ1) is 12.8. The van der Waals surface area contributed by atoms with E-state index < -0.39 is 5.97 Å². The van der Waals surface area contributed by atoms with Crippen molar-refractivity contribution in [3.63, 3.8) is 0 Å². The van der Waals surface area contributed by atoms with Gasteiger partial charge in [-0.05, 0) is 13.0 Å². The number of hydrogen-bond donors (Lipinski definition) is 2. The Balaban J connectivity index is 3.01. The zero-order valence-electron chi connectivity index (χ0n) is 9.55. The van der Waals surface area contributed by atoms with Crippen LogP contribution in [0.3, 0.4) is 0 Å². The smallest absolute Gasteiger partial charge is 0.337 e. The summed E-state index contributed by atoms with van der Waals surface area (Å²) in [5.74, 6) is -0.558. The summed E-state index contributed by atoms with van der Waals surface area (Å²) in [5.41, 5.74) is 5.69. The van der Waals surface area contributed by atoms with Crippen LogP contribution in [0.15, 0.2) is 12.3 Å². The van der Waals surface area contributed by atoms with Gasteiger partial charge in [0.25, 0.3) is 0 Å². The molecule has 0 bridgehead atoms. The van der Waals surface area contributed by atoms with E-state index in [1.807, 2.05) is 17.9 Å². The summed E-state index contributed by atoms with van der Waals surface area (Å²) >= 11 is 0. The summed E-state index contributed by atoms with van der Waals surface area (Å²) < 4.78 is 0. The topological polar surface area (TPSA) is 103 Å². The molecule has 0 aromatic carbocycles. The zero-order chi connectivity index (χ0) is 12.8. The molecule has 90 valence electrons. The molecule has 0 aliphatic heterocycles. The minimum Gasteiger partial charge on any atom is -0.478 e. The molecule has 0 radical (unpaired) electrons. The molecule has 1 rings (SSSR count). The second-order valence-electron chi connectivity index (χ2n) is 3.42. The summed E-state index contributed by atoms with van der Waals surface area (Å²) in [6, 6.07) is 3.47. The van der Waals surface area contributed by atoms with Crippen LogP contribution in [0.5, 0.6) is 0 Å². The van der Waals surface area contributed by atoms with Gasteiger partial charge in [-0.25, -0.2) is 9.78 Å². The average Bonchev–Trinajstić information content (AvgIpc) is 2.31. The van der Waals surface area contributed by atoms with E-state index in [1.54, 1.807) is 0 Å². The van der Waals surface area contributed by atoms with Gasteiger partial charge in [-0.3, -0.25) is 0 Å². The fourth-order valence-electron chi connectivity index (χ4n) is 1.43. The van der Waals surface area contributed by atoms with Crippen molar-refractivity contribution in [1.29, 1.82) is 5.26 Å². The first-order chi connectivity index (χ1) is 8.10. The quantitative estimate of drug-likeness (QED) is 0.790. The number of rotatable bonds is 5. The van der Waals surface area contributed by atoms with E-state index >= 15 is 0 Å². The number of aromatic carboxylic acids is 1. The predicted octanol–water partition coefficient (Wildman–Crippen LogP) is 1.10. The number of nitrogens with zero attached hydrogens (tertiary/aromatic N) is 3. The van der Waals surface area contributed by atoms with Crippen molar-refractivity contribution >= 4 is 17.5 Å². The fourth-order valence-corrected chi connectivity index (χ4v) is 1.43. The normalized spacial score (nSPS) is 9.65. The molecule has 0 spiro atoms. The molecule has 0 aliphatic carbocycles. The van der Waals surface area contributed by atoms with Gasteiger partial charge in [-0.2, -0.15) is 5.26 Å². The second kappa shape index (κ2) is 5.70. The van der Waals surface area contributed by atoms with Crippen molar-refractivity contribution in [2.75, 3.05) is 23.7 Å². The molecule has 17 heavy (non-hydrogen) atoms. The second-order valence-corrected chi connectivity index (χ2v) is 3.42. The van der Waals surface area contributed by atoms with Crippen LogP contribution < -0.4 is 10.6 Å². The molecule has 1 heterocycles. The number of carboxylic acid groups (broad SMARTS) is 1. The summed E-state index contributed by atoms with van der Waals surface area (Å²) in [5, 5.41) is 17.5. The molecule has 0 saturated carbocycles. The predicted molar refractivity (Wildman–Crippen MR) is 63.7 cm³/mol. The van der Waals surface area contributed by atoms with Gasteiger partial charge in [-0.1, -0.05) is 0 Å². The van der Waals surface area contributed by atoms with Crippen molar-refractivity contribution < 1.29 is 9.90 Å². The fraction of sp³-hybridized carbons (Fsp3) is 0.364. The van der Waals surface area contributed by atoms with Crippen LogP contribution in [0.25, 0.3) is 0 Å². The minimum absolute atomic E-state index is 0.0328. The van der Waals surface area contributed by atoms with E-state index in [4.69, 9.17) is 16.1 Å². The van der Waals surface area contributed by atoms with E-state index in [2.05, 4.69) is 4.98 Å². The first-order valence-electron chi connectivity index (χ1n) is 5.20. The average molecular weight is 234 g/mol. The Labute approximate surface area is 99.3 Å². The third-order valence-corrected chi connectivity index (χ3v) is 2.35. The Hall–Kier alpha value is -2.29. The van der Waals surface area contributed by atoms with Gasteiger partial charge in [-0.15, -0.1) is 0 Å². The Bertz CT molecular complexity index is 453. The van der Waals surface area contributed by atoms with Gasteiger partial charge < -0.3 is 15.7 Å². The zero-order valence-corrected chi connectivity index (χ0v) is 9.55. The number of pyridine rings is 1. The van der Waals surface area contributed by atoms with Crippen LogP contribution in [-0.2, 0) is 0 Å². The van der Waals surface area contributed by atoms with Crippen LogP contribution >= 0.6 is 0 Å². The van der Waals surface area contributed by atoms with Crippen LogP contribution in [0.1, 0.15) is 23.7 Å². The Morgan fingerprint density at radius 1 is 1.71 bits per heavy atom. The van der Waals surface area contributed by atoms with Crippen molar-refractivity contribution in [2.24, 2.45) is 0 Å². The lowest BCUT2D eigenvalue weighted by Gasteiger charge is -2.21. The third-order valence-electron chi connectivity index (χ3n) is 2.35. The highest BCUT2D eigenvalue weighted by atomic mass is 16.4. The molecule has 0 saturated heterocycles. The minimum atomic E-state index is -1.08. The molecule has 0 amide bonds. The Kier molecular flexibility index (Phi) is 4.29. The molecular weight excluding hydrogens is 220 g/mol. The molecule has 1 aromatic rings. The number of nitriles is 1. The van der Waals surface area contributed by atoms with Gasteiger partial charge in [0.1, 0.15) is 5.82 Å². The van der Waals surface area contributed by atoms with E-state index in [0.717, 1.165) is 0 Å². The highest BCUT2D eigenvalue weighted by Gasteiger charge is 2.12. The van der Waals surface area contributed by atoms with Gasteiger partial charge in [0.15, 0.2) is 0 Å². The molecule has 0 fully saturated rings.